The fraction of sp³-hybridized carbons (Fsp3) is 0.474. The second-order valence-electron chi connectivity index (χ2n) is 6.38. The minimum Gasteiger partial charge on any atom is -0.490 e. The summed E-state index contributed by atoms with van der Waals surface area (Å²) in [5, 5.41) is 4.41. The molecule has 0 saturated carbocycles. The lowest BCUT2D eigenvalue weighted by Gasteiger charge is -2.33. The van der Waals surface area contributed by atoms with Crippen LogP contribution >= 0.6 is 0 Å². The first kappa shape index (κ1) is 17.5. The highest BCUT2D eigenvalue weighted by atomic mass is 16.5. The summed E-state index contributed by atoms with van der Waals surface area (Å²) in [6.07, 6.45) is 5.92. The van der Waals surface area contributed by atoms with Crippen LogP contribution in [0.2, 0.25) is 0 Å². The van der Waals surface area contributed by atoms with Crippen molar-refractivity contribution in [1.82, 2.24) is 14.7 Å². The number of ether oxygens (including phenoxy) is 2. The fourth-order valence-electron chi connectivity index (χ4n) is 3.16. The number of aromatic nitrogens is 2. The maximum Gasteiger partial charge on any atom is 0.257 e. The standard InChI is InChI=1S/C19H25N3O3/c1-15-12-20-22(13-15)16-6-5-9-21(14-16)19(23)17-7-3-4-8-18(17)25-11-10-24-2/h3-4,7-8,12-13,16H,5-6,9-11,14H2,1-2H3/t16-/m1/s1. The first-order valence-corrected chi connectivity index (χ1v) is 8.70. The molecule has 0 spiro atoms. The van der Waals surface area contributed by atoms with Gasteiger partial charge in [0.05, 0.1) is 24.4 Å². The van der Waals surface area contributed by atoms with Crippen molar-refractivity contribution in [2.45, 2.75) is 25.8 Å². The lowest BCUT2D eigenvalue weighted by atomic mass is 10.0. The van der Waals surface area contributed by atoms with E-state index in [1.165, 1.54) is 0 Å². The Morgan fingerprint density at radius 1 is 1.32 bits per heavy atom. The van der Waals surface area contributed by atoms with E-state index in [4.69, 9.17) is 9.47 Å². The highest BCUT2D eigenvalue weighted by Crippen LogP contribution is 2.25. The second kappa shape index (κ2) is 8.16. The molecule has 0 unspecified atom stereocenters. The highest BCUT2D eigenvalue weighted by Gasteiger charge is 2.27. The number of hydrogen-bond acceptors (Lipinski definition) is 4. The smallest absolute Gasteiger partial charge is 0.257 e. The SMILES string of the molecule is COCCOc1ccccc1C(=O)N1CCC[C@@H](n2cc(C)cn2)C1. The van der Waals surface area contributed by atoms with Crippen LogP contribution in [0, 0.1) is 6.92 Å². The molecule has 3 rings (SSSR count). The van der Waals surface area contributed by atoms with E-state index in [0.717, 1.165) is 24.9 Å². The summed E-state index contributed by atoms with van der Waals surface area (Å²) in [6, 6.07) is 7.64. The number of rotatable bonds is 6. The van der Waals surface area contributed by atoms with Gasteiger partial charge in [-0.3, -0.25) is 9.48 Å². The monoisotopic (exact) mass is 343 g/mol. The Hall–Kier alpha value is -2.34. The number of aryl methyl sites for hydroxylation is 1. The Balaban J connectivity index is 1.72. The van der Waals surface area contributed by atoms with Crippen LogP contribution in [0.3, 0.4) is 0 Å². The number of carbonyl (C=O) groups is 1. The Kier molecular flexibility index (Phi) is 5.71. The molecule has 1 aliphatic rings. The number of benzene rings is 1. The molecule has 1 atom stereocenters. The lowest BCUT2D eigenvalue weighted by Crippen LogP contribution is -2.41. The van der Waals surface area contributed by atoms with Crippen molar-refractivity contribution < 1.29 is 14.3 Å². The highest BCUT2D eigenvalue weighted by molar-refractivity contribution is 5.97. The quantitative estimate of drug-likeness (QED) is 0.757. The lowest BCUT2D eigenvalue weighted by molar-refractivity contribution is 0.0666. The topological polar surface area (TPSA) is 56.6 Å². The molecule has 0 N–H and O–H groups in total. The molecule has 0 aliphatic carbocycles. The van der Waals surface area contributed by atoms with Gasteiger partial charge >= 0.3 is 0 Å². The average molecular weight is 343 g/mol. The van der Waals surface area contributed by atoms with E-state index in [9.17, 15) is 4.79 Å². The van der Waals surface area contributed by atoms with Crippen molar-refractivity contribution in [3.05, 3.63) is 47.8 Å². The van der Waals surface area contributed by atoms with Gasteiger partial charge in [-0.2, -0.15) is 5.10 Å². The molecule has 1 fully saturated rings. The Labute approximate surface area is 148 Å². The predicted octanol–water partition coefficient (Wildman–Crippen LogP) is 2.69. The van der Waals surface area contributed by atoms with E-state index >= 15 is 0 Å². The van der Waals surface area contributed by atoms with Gasteiger partial charge in [0.1, 0.15) is 12.4 Å². The van der Waals surface area contributed by atoms with Gasteiger partial charge in [0.25, 0.3) is 5.91 Å². The number of hydrogen-bond donors (Lipinski definition) is 0. The zero-order valence-electron chi connectivity index (χ0n) is 14.9. The van der Waals surface area contributed by atoms with Crippen LogP contribution in [0.5, 0.6) is 5.75 Å². The molecule has 1 saturated heterocycles. The van der Waals surface area contributed by atoms with Crippen LogP contribution in [0.4, 0.5) is 0 Å². The zero-order chi connectivity index (χ0) is 17.6. The molecule has 2 heterocycles. The van der Waals surface area contributed by atoms with Crippen LogP contribution in [-0.4, -0.2) is 54.0 Å². The number of methoxy groups -OCH3 is 1. The van der Waals surface area contributed by atoms with Gasteiger partial charge in [-0.15, -0.1) is 0 Å². The zero-order valence-corrected chi connectivity index (χ0v) is 14.9. The minimum absolute atomic E-state index is 0.0154. The fourth-order valence-corrected chi connectivity index (χ4v) is 3.16. The van der Waals surface area contributed by atoms with Gasteiger partial charge in [-0.1, -0.05) is 12.1 Å². The van der Waals surface area contributed by atoms with Crippen molar-refractivity contribution in [1.29, 1.82) is 0 Å². The molecule has 2 aromatic rings. The van der Waals surface area contributed by atoms with Gasteiger partial charge in [-0.05, 0) is 37.5 Å². The summed E-state index contributed by atoms with van der Waals surface area (Å²) in [6.45, 7) is 4.39. The first-order chi connectivity index (χ1) is 12.2. The van der Waals surface area contributed by atoms with Gasteiger partial charge in [0.2, 0.25) is 0 Å². The molecule has 6 nitrogen and oxygen atoms in total. The van der Waals surface area contributed by atoms with Crippen molar-refractivity contribution in [3.8, 4) is 5.75 Å². The molecular weight excluding hydrogens is 318 g/mol. The molecule has 1 aromatic heterocycles. The maximum absolute atomic E-state index is 13.0. The third-order valence-corrected chi connectivity index (χ3v) is 4.45. The van der Waals surface area contributed by atoms with Gasteiger partial charge in [0, 0.05) is 26.4 Å². The molecular formula is C19H25N3O3. The Morgan fingerprint density at radius 2 is 2.16 bits per heavy atom. The van der Waals surface area contributed by atoms with Gasteiger partial charge in [0.15, 0.2) is 0 Å². The number of carbonyl (C=O) groups excluding carboxylic acids is 1. The maximum atomic E-state index is 13.0. The van der Waals surface area contributed by atoms with Crippen molar-refractivity contribution in [2.75, 3.05) is 33.4 Å². The van der Waals surface area contributed by atoms with Gasteiger partial charge in [-0.25, -0.2) is 0 Å². The van der Waals surface area contributed by atoms with Crippen molar-refractivity contribution in [3.63, 3.8) is 0 Å². The van der Waals surface area contributed by atoms with Crippen LogP contribution in [0.1, 0.15) is 34.8 Å². The number of amides is 1. The molecule has 0 bridgehead atoms. The number of likely N-dealkylation sites (tertiary alicyclic amines) is 1. The molecule has 25 heavy (non-hydrogen) atoms. The normalized spacial score (nSPS) is 17.5. The van der Waals surface area contributed by atoms with E-state index in [-0.39, 0.29) is 11.9 Å². The molecule has 1 aromatic carbocycles. The van der Waals surface area contributed by atoms with E-state index in [1.54, 1.807) is 7.11 Å². The summed E-state index contributed by atoms with van der Waals surface area (Å²) in [5.41, 5.74) is 1.75. The van der Waals surface area contributed by atoms with Gasteiger partial charge < -0.3 is 14.4 Å². The van der Waals surface area contributed by atoms with Crippen LogP contribution in [0.25, 0.3) is 0 Å². The molecule has 6 heteroatoms. The van der Waals surface area contributed by atoms with Crippen LogP contribution < -0.4 is 4.74 Å². The van der Waals surface area contributed by atoms with E-state index in [2.05, 4.69) is 5.10 Å². The summed E-state index contributed by atoms with van der Waals surface area (Å²) < 4.78 is 12.7. The summed E-state index contributed by atoms with van der Waals surface area (Å²) in [5.74, 6) is 0.628. The minimum atomic E-state index is 0.0154. The van der Waals surface area contributed by atoms with E-state index in [1.807, 2.05) is 53.2 Å². The molecule has 0 radical (unpaired) electrons. The third-order valence-electron chi connectivity index (χ3n) is 4.45. The largest absolute Gasteiger partial charge is 0.490 e. The Morgan fingerprint density at radius 3 is 2.92 bits per heavy atom. The molecule has 134 valence electrons. The average Bonchev–Trinajstić information content (AvgIpc) is 3.08. The second-order valence-corrected chi connectivity index (χ2v) is 6.38. The predicted molar refractivity (Wildman–Crippen MR) is 95.0 cm³/mol. The molecule has 1 aliphatic heterocycles. The first-order valence-electron chi connectivity index (χ1n) is 8.70. The summed E-state index contributed by atoms with van der Waals surface area (Å²) in [4.78, 5) is 14.9. The summed E-state index contributed by atoms with van der Waals surface area (Å²) in [7, 11) is 1.63. The van der Waals surface area contributed by atoms with Crippen LogP contribution in [0.15, 0.2) is 36.7 Å². The third kappa shape index (κ3) is 4.20. The number of nitrogens with zero attached hydrogens (tertiary/aromatic N) is 3. The molecule has 1 amide bonds. The number of piperidine rings is 1. The Bertz CT molecular complexity index is 713. The van der Waals surface area contributed by atoms with Crippen LogP contribution in [-0.2, 0) is 4.74 Å². The summed E-state index contributed by atoms with van der Waals surface area (Å²) >= 11 is 0. The number of para-hydroxylation sites is 1. The van der Waals surface area contributed by atoms with E-state index in [0.29, 0.717) is 31.1 Å². The van der Waals surface area contributed by atoms with Crippen molar-refractivity contribution in [2.24, 2.45) is 0 Å². The van der Waals surface area contributed by atoms with E-state index < -0.39 is 0 Å². The van der Waals surface area contributed by atoms with Crippen molar-refractivity contribution >= 4 is 5.91 Å².